The number of nitrogens with one attached hydrogen (secondary N) is 3. The number of fused-ring (bicyclic) bond motifs is 1. The zero-order chi connectivity index (χ0) is 13.5. The summed E-state index contributed by atoms with van der Waals surface area (Å²) < 4.78 is 0. The number of carbonyl (C=O) groups excluding carboxylic acids is 1. The second kappa shape index (κ2) is 8.09. The summed E-state index contributed by atoms with van der Waals surface area (Å²) in [5, 5.41) is 19.1. The third kappa shape index (κ3) is 4.63. The molecule has 0 unspecified atom stereocenters. The van der Waals surface area contributed by atoms with E-state index in [0.717, 1.165) is 19.5 Å². The minimum atomic E-state index is 0.117. The highest BCUT2D eigenvalue weighted by Gasteiger charge is 2.38. The highest BCUT2D eigenvalue weighted by molar-refractivity contribution is 8.00. The van der Waals surface area contributed by atoms with E-state index in [2.05, 4.69) is 27.7 Å². The maximum Gasteiger partial charge on any atom is 0.219 e. The van der Waals surface area contributed by atoms with Gasteiger partial charge >= 0.3 is 0 Å². The number of thioether (sulfide) groups is 1. The van der Waals surface area contributed by atoms with E-state index in [9.17, 15) is 4.79 Å². The number of amides is 1. The van der Waals surface area contributed by atoms with Gasteiger partial charge in [0.05, 0.1) is 0 Å². The largest absolute Gasteiger partial charge is 0.396 e. The summed E-state index contributed by atoms with van der Waals surface area (Å²) in [6.45, 7) is 1.68. The molecule has 2 fully saturated rings. The standard InChI is InChI=1S/C13H25N3O2S/c17-7-3-6-14-12(18)5-2-1-4-11-13-10(8-19-11)15-9-16-13/h10-11,13,15-17H,1-9H2,(H,14,18)/t10-,11-,13-/m0/s1. The Bertz CT molecular complexity index is 291. The van der Waals surface area contributed by atoms with Gasteiger partial charge in [0.25, 0.3) is 0 Å². The van der Waals surface area contributed by atoms with Crippen molar-refractivity contribution >= 4 is 17.7 Å². The number of rotatable bonds is 8. The molecule has 0 aromatic carbocycles. The lowest BCUT2D eigenvalue weighted by molar-refractivity contribution is -0.121. The minimum absolute atomic E-state index is 0.117. The van der Waals surface area contributed by atoms with E-state index in [1.807, 2.05) is 0 Å². The lowest BCUT2D eigenvalue weighted by Crippen LogP contribution is -2.36. The van der Waals surface area contributed by atoms with E-state index in [1.54, 1.807) is 0 Å². The quantitative estimate of drug-likeness (QED) is 0.475. The minimum Gasteiger partial charge on any atom is -0.396 e. The first-order valence-corrected chi connectivity index (χ1v) is 8.32. The van der Waals surface area contributed by atoms with E-state index >= 15 is 0 Å². The second-order valence-electron chi connectivity index (χ2n) is 5.26. The van der Waals surface area contributed by atoms with Gasteiger partial charge in [0.15, 0.2) is 0 Å². The normalized spacial score (nSPS) is 29.4. The van der Waals surface area contributed by atoms with Crippen molar-refractivity contribution in [2.75, 3.05) is 25.6 Å². The summed E-state index contributed by atoms with van der Waals surface area (Å²) in [5.41, 5.74) is 0. The van der Waals surface area contributed by atoms with Crippen LogP contribution < -0.4 is 16.0 Å². The van der Waals surface area contributed by atoms with E-state index in [0.29, 0.717) is 36.7 Å². The molecule has 1 amide bonds. The Morgan fingerprint density at radius 3 is 3.05 bits per heavy atom. The zero-order valence-corrected chi connectivity index (χ0v) is 12.2. The molecule has 0 aliphatic carbocycles. The van der Waals surface area contributed by atoms with Gasteiger partial charge in [-0.05, 0) is 19.3 Å². The monoisotopic (exact) mass is 287 g/mol. The molecule has 2 heterocycles. The maximum atomic E-state index is 11.5. The van der Waals surface area contributed by atoms with Crippen LogP contribution >= 0.6 is 11.8 Å². The molecule has 2 rings (SSSR count). The van der Waals surface area contributed by atoms with Crippen LogP contribution in [-0.4, -0.2) is 53.9 Å². The summed E-state index contributed by atoms with van der Waals surface area (Å²) in [5.74, 6) is 1.33. The molecule has 110 valence electrons. The van der Waals surface area contributed by atoms with Crippen LogP contribution in [0.15, 0.2) is 0 Å². The average Bonchev–Trinajstić information content (AvgIpc) is 2.99. The van der Waals surface area contributed by atoms with Gasteiger partial charge in [-0.2, -0.15) is 11.8 Å². The van der Waals surface area contributed by atoms with Gasteiger partial charge in [0.1, 0.15) is 0 Å². The molecule has 19 heavy (non-hydrogen) atoms. The van der Waals surface area contributed by atoms with Gasteiger partial charge in [-0.3, -0.25) is 15.4 Å². The SMILES string of the molecule is O=C(CCCC[C@@H]1SC[C@@H]2NCN[C@@H]21)NCCCO. The summed E-state index contributed by atoms with van der Waals surface area (Å²) in [6.07, 6.45) is 4.54. The topological polar surface area (TPSA) is 73.4 Å². The van der Waals surface area contributed by atoms with Crippen LogP contribution in [0.3, 0.4) is 0 Å². The van der Waals surface area contributed by atoms with E-state index < -0.39 is 0 Å². The molecular formula is C13H25N3O2S. The molecule has 4 N–H and O–H groups in total. The van der Waals surface area contributed by atoms with Crippen LogP contribution in [0.25, 0.3) is 0 Å². The Morgan fingerprint density at radius 1 is 1.32 bits per heavy atom. The lowest BCUT2D eigenvalue weighted by Gasteiger charge is -2.16. The first-order valence-electron chi connectivity index (χ1n) is 7.27. The van der Waals surface area contributed by atoms with Crippen LogP contribution in [0.2, 0.25) is 0 Å². The summed E-state index contributed by atoms with van der Waals surface area (Å²) >= 11 is 2.06. The van der Waals surface area contributed by atoms with Crippen LogP contribution in [0, 0.1) is 0 Å². The molecule has 0 aromatic rings. The summed E-state index contributed by atoms with van der Waals surface area (Å²) in [4.78, 5) is 11.5. The van der Waals surface area contributed by atoms with Gasteiger partial charge in [-0.15, -0.1) is 0 Å². The molecule has 3 atom stereocenters. The lowest BCUT2D eigenvalue weighted by atomic mass is 10.0. The number of aliphatic hydroxyl groups excluding tert-OH is 1. The van der Waals surface area contributed by atoms with Crippen molar-refractivity contribution in [3.63, 3.8) is 0 Å². The molecule has 5 nitrogen and oxygen atoms in total. The molecule has 2 aliphatic rings. The van der Waals surface area contributed by atoms with Crippen LogP contribution in [0.1, 0.15) is 32.1 Å². The molecule has 2 saturated heterocycles. The number of aliphatic hydroxyl groups is 1. The van der Waals surface area contributed by atoms with Crippen molar-refractivity contribution in [3.05, 3.63) is 0 Å². The van der Waals surface area contributed by atoms with E-state index in [1.165, 1.54) is 12.2 Å². The number of hydrogen-bond donors (Lipinski definition) is 4. The fourth-order valence-electron chi connectivity index (χ4n) is 2.75. The van der Waals surface area contributed by atoms with Crippen molar-refractivity contribution in [3.8, 4) is 0 Å². The molecule has 6 heteroatoms. The first-order chi connectivity index (χ1) is 9.31. The molecule has 0 aromatic heterocycles. The van der Waals surface area contributed by atoms with Gasteiger partial charge in [0.2, 0.25) is 5.91 Å². The fraction of sp³-hybridized carbons (Fsp3) is 0.923. The van der Waals surface area contributed by atoms with Gasteiger partial charge in [0, 0.05) is 49.3 Å². The Morgan fingerprint density at radius 2 is 2.21 bits per heavy atom. The Kier molecular flexibility index (Phi) is 6.43. The van der Waals surface area contributed by atoms with Crippen molar-refractivity contribution in [2.24, 2.45) is 0 Å². The summed E-state index contributed by atoms with van der Waals surface area (Å²) in [6, 6.07) is 1.28. The van der Waals surface area contributed by atoms with Gasteiger partial charge in [-0.1, -0.05) is 6.42 Å². The number of unbranched alkanes of at least 4 members (excludes halogenated alkanes) is 1. The van der Waals surface area contributed by atoms with Gasteiger partial charge in [-0.25, -0.2) is 0 Å². The first kappa shape index (κ1) is 15.1. The second-order valence-corrected chi connectivity index (χ2v) is 6.53. The van der Waals surface area contributed by atoms with Crippen molar-refractivity contribution in [1.82, 2.24) is 16.0 Å². The van der Waals surface area contributed by atoms with Crippen molar-refractivity contribution in [1.29, 1.82) is 0 Å². The summed E-state index contributed by atoms with van der Waals surface area (Å²) in [7, 11) is 0. The van der Waals surface area contributed by atoms with Crippen LogP contribution in [-0.2, 0) is 4.79 Å². The smallest absolute Gasteiger partial charge is 0.219 e. The predicted octanol–water partition coefficient (Wildman–Crippen LogP) is 0.0483. The molecule has 0 saturated carbocycles. The predicted molar refractivity (Wildman–Crippen MR) is 78.1 cm³/mol. The Balaban J connectivity index is 1.51. The molecule has 0 radical (unpaired) electrons. The highest BCUT2D eigenvalue weighted by atomic mass is 32.2. The Hall–Kier alpha value is -0.300. The molecule has 2 aliphatic heterocycles. The molecule has 0 bridgehead atoms. The number of hydrogen-bond acceptors (Lipinski definition) is 5. The highest BCUT2D eigenvalue weighted by Crippen LogP contribution is 2.32. The van der Waals surface area contributed by atoms with Gasteiger partial charge < -0.3 is 10.4 Å². The molecular weight excluding hydrogens is 262 g/mol. The van der Waals surface area contributed by atoms with Crippen molar-refractivity contribution in [2.45, 2.75) is 49.4 Å². The average molecular weight is 287 g/mol. The van der Waals surface area contributed by atoms with Crippen molar-refractivity contribution < 1.29 is 9.90 Å². The van der Waals surface area contributed by atoms with E-state index in [4.69, 9.17) is 5.11 Å². The van der Waals surface area contributed by atoms with Crippen LogP contribution in [0.5, 0.6) is 0 Å². The Labute approximate surface area is 119 Å². The number of carbonyl (C=O) groups is 1. The third-order valence-corrected chi connectivity index (χ3v) is 5.33. The van der Waals surface area contributed by atoms with E-state index in [-0.39, 0.29) is 12.5 Å². The fourth-order valence-corrected chi connectivity index (χ4v) is 4.36. The zero-order valence-electron chi connectivity index (χ0n) is 11.4. The third-order valence-electron chi connectivity index (χ3n) is 3.83. The maximum absolute atomic E-state index is 11.5. The van der Waals surface area contributed by atoms with Crippen LogP contribution in [0.4, 0.5) is 0 Å². The molecule has 0 spiro atoms.